The predicted octanol–water partition coefficient (Wildman–Crippen LogP) is 3.01. The summed E-state index contributed by atoms with van der Waals surface area (Å²) in [5, 5.41) is 3.18. The van der Waals surface area contributed by atoms with Gasteiger partial charge in [0.15, 0.2) is 0 Å². The second-order valence-electron chi connectivity index (χ2n) is 7.10. The second kappa shape index (κ2) is 7.97. The molecule has 0 atom stereocenters. The van der Waals surface area contributed by atoms with E-state index >= 15 is 0 Å². The smallest absolute Gasteiger partial charge is 0.252 e. The number of aromatic nitrogens is 1. The number of hydrogen-bond donors (Lipinski definition) is 1. The largest absolute Gasteiger partial charge is 0.481 e. The highest BCUT2D eigenvalue weighted by Crippen LogP contribution is 2.35. The van der Waals surface area contributed by atoms with Gasteiger partial charge in [0, 0.05) is 24.3 Å². The van der Waals surface area contributed by atoms with Crippen LogP contribution in [0.3, 0.4) is 0 Å². The maximum Gasteiger partial charge on any atom is 0.252 e. The van der Waals surface area contributed by atoms with Gasteiger partial charge in [0.1, 0.15) is 0 Å². The summed E-state index contributed by atoms with van der Waals surface area (Å²) in [6.07, 6.45) is 11.8. The molecule has 0 aromatic carbocycles. The lowest BCUT2D eigenvalue weighted by atomic mass is 9.79. The molecule has 1 aliphatic carbocycles. The van der Waals surface area contributed by atoms with E-state index in [9.17, 15) is 4.79 Å². The summed E-state index contributed by atoms with van der Waals surface area (Å²) in [6, 6.07) is 3.51. The van der Waals surface area contributed by atoms with Gasteiger partial charge in [-0.1, -0.05) is 25.7 Å². The quantitative estimate of drug-likeness (QED) is 0.901. The normalized spacial score (nSPS) is 21.2. The van der Waals surface area contributed by atoms with Gasteiger partial charge >= 0.3 is 0 Å². The average molecular weight is 331 g/mol. The lowest BCUT2D eigenvalue weighted by Crippen LogP contribution is -2.58. The predicted molar refractivity (Wildman–Crippen MR) is 94.4 cm³/mol. The molecule has 3 rings (SSSR count). The van der Waals surface area contributed by atoms with Crippen molar-refractivity contribution in [3.63, 3.8) is 0 Å². The number of likely N-dealkylation sites (tertiary alicyclic amines) is 1. The van der Waals surface area contributed by atoms with Gasteiger partial charge in [0.25, 0.3) is 5.91 Å². The van der Waals surface area contributed by atoms with E-state index in [1.54, 1.807) is 25.4 Å². The van der Waals surface area contributed by atoms with Crippen LogP contribution in [0, 0.1) is 0 Å². The molecule has 2 fully saturated rings. The molecule has 0 radical (unpaired) electrons. The summed E-state index contributed by atoms with van der Waals surface area (Å²) >= 11 is 0. The van der Waals surface area contributed by atoms with E-state index < -0.39 is 0 Å². The molecule has 1 N–H and O–H groups in total. The van der Waals surface area contributed by atoms with Crippen LogP contribution >= 0.6 is 0 Å². The van der Waals surface area contributed by atoms with Gasteiger partial charge in [-0.25, -0.2) is 4.98 Å². The van der Waals surface area contributed by atoms with E-state index in [2.05, 4.69) is 15.2 Å². The third-order valence-corrected chi connectivity index (χ3v) is 5.60. The Morgan fingerprint density at radius 3 is 2.50 bits per heavy atom. The van der Waals surface area contributed by atoms with Gasteiger partial charge in [-0.15, -0.1) is 0 Å². The highest BCUT2D eigenvalue weighted by molar-refractivity contribution is 5.93. The van der Waals surface area contributed by atoms with Gasteiger partial charge in [-0.2, -0.15) is 0 Å². The van der Waals surface area contributed by atoms with E-state index in [-0.39, 0.29) is 11.4 Å². The minimum atomic E-state index is -0.0351. The van der Waals surface area contributed by atoms with E-state index in [1.807, 2.05) is 0 Å². The lowest BCUT2D eigenvalue weighted by Gasteiger charge is -2.48. The first-order valence-electron chi connectivity index (χ1n) is 9.27. The molecule has 1 saturated carbocycles. The van der Waals surface area contributed by atoms with Crippen LogP contribution in [0.25, 0.3) is 0 Å². The number of rotatable bonds is 5. The highest BCUT2D eigenvalue weighted by atomic mass is 16.5. The fourth-order valence-electron chi connectivity index (χ4n) is 4.17. The number of ether oxygens (including phenoxy) is 1. The minimum absolute atomic E-state index is 0.0351. The molecule has 2 aliphatic rings. The molecule has 0 unspecified atom stereocenters. The monoisotopic (exact) mass is 331 g/mol. The molecule has 132 valence electrons. The molecule has 1 amide bonds. The topological polar surface area (TPSA) is 54.5 Å². The number of amides is 1. The average Bonchev–Trinajstić information content (AvgIpc) is 2.67. The second-order valence-corrected chi connectivity index (χ2v) is 7.10. The van der Waals surface area contributed by atoms with Crippen molar-refractivity contribution in [3.05, 3.63) is 23.9 Å². The number of nitrogens with one attached hydrogen (secondary N) is 1. The van der Waals surface area contributed by atoms with Crippen molar-refractivity contribution < 1.29 is 9.53 Å². The van der Waals surface area contributed by atoms with Crippen LogP contribution in [-0.4, -0.2) is 48.1 Å². The molecule has 0 spiro atoms. The minimum Gasteiger partial charge on any atom is -0.481 e. The Hall–Kier alpha value is -1.62. The van der Waals surface area contributed by atoms with Crippen molar-refractivity contribution in [1.29, 1.82) is 0 Å². The van der Waals surface area contributed by atoms with Gasteiger partial charge in [0.05, 0.1) is 12.7 Å². The molecular weight excluding hydrogens is 302 g/mol. The third-order valence-electron chi connectivity index (χ3n) is 5.60. The van der Waals surface area contributed by atoms with Gasteiger partial charge in [-0.05, 0) is 44.8 Å². The Morgan fingerprint density at radius 1 is 1.17 bits per heavy atom. The summed E-state index contributed by atoms with van der Waals surface area (Å²) in [7, 11) is 1.58. The fraction of sp³-hybridized carbons (Fsp3) is 0.684. The van der Waals surface area contributed by atoms with Crippen LogP contribution in [0.4, 0.5) is 0 Å². The number of carbonyl (C=O) groups is 1. The zero-order valence-corrected chi connectivity index (χ0v) is 14.7. The fourth-order valence-corrected chi connectivity index (χ4v) is 4.17. The van der Waals surface area contributed by atoms with Crippen molar-refractivity contribution in [1.82, 2.24) is 15.2 Å². The van der Waals surface area contributed by atoms with E-state index in [0.29, 0.717) is 11.4 Å². The summed E-state index contributed by atoms with van der Waals surface area (Å²) < 4.78 is 5.05. The molecule has 1 saturated heterocycles. The lowest BCUT2D eigenvalue weighted by molar-refractivity contribution is 0.0326. The van der Waals surface area contributed by atoms with Crippen molar-refractivity contribution in [3.8, 4) is 5.88 Å². The Balaban J connectivity index is 1.64. The highest BCUT2D eigenvalue weighted by Gasteiger charge is 2.38. The van der Waals surface area contributed by atoms with Crippen molar-refractivity contribution >= 4 is 5.91 Å². The van der Waals surface area contributed by atoms with Crippen LogP contribution in [0.2, 0.25) is 0 Å². The Kier molecular flexibility index (Phi) is 5.72. The van der Waals surface area contributed by atoms with E-state index in [1.165, 1.54) is 64.5 Å². The molecule has 1 aromatic rings. The maximum absolute atomic E-state index is 12.5. The number of pyridine rings is 1. The van der Waals surface area contributed by atoms with Gasteiger partial charge in [-0.3, -0.25) is 9.69 Å². The Labute approximate surface area is 144 Å². The number of piperidine rings is 1. The van der Waals surface area contributed by atoms with Crippen molar-refractivity contribution in [2.75, 3.05) is 26.7 Å². The third kappa shape index (κ3) is 3.89. The van der Waals surface area contributed by atoms with Gasteiger partial charge in [0.2, 0.25) is 5.88 Å². The van der Waals surface area contributed by atoms with Crippen molar-refractivity contribution in [2.24, 2.45) is 0 Å². The first kappa shape index (κ1) is 17.2. The van der Waals surface area contributed by atoms with Crippen LogP contribution in [0.1, 0.15) is 61.7 Å². The zero-order valence-electron chi connectivity index (χ0n) is 14.7. The molecule has 1 aromatic heterocycles. The SMILES string of the molecule is COc1ccc(C(=O)NCC2(N3CCCCC3)CCCCC2)cn1. The van der Waals surface area contributed by atoms with Crippen LogP contribution in [0.15, 0.2) is 18.3 Å². The maximum atomic E-state index is 12.5. The summed E-state index contributed by atoms with van der Waals surface area (Å²) in [5.41, 5.74) is 0.759. The Bertz CT molecular complexity index is 532. The van der Waals surface area contributed by atoms with Gasteiger partial charge < -0.3 is 10.1 Å². The Morgan fingerprint density at radius 2 is 1.88 bits per heavy atom. The van der Waals surface area contributed by atoms with E-state index in [0.717, 1.165) is 6.54 Å². The zero-order chi connectivity index (χ0) is 16.8. The standard InChI is InChI=1S/C19H29N3O2/c1-24-17-9-8-16(14-20-17)18(23)21-15-19(10-4-2-5-11-19)22-12-6-3-7-13-22/h8-9,14H,2-7,10-13,15H2,1H3,(H,21,23). The molecule has 1 aliphatic heterocycles. The van der Waals surface area contributed by atoms with Crippen LogP contribution in [0.5, 0.6) is 5.88 Å². The molecule has 5 heteroatoms. The van der Waals surface area contributed by atoms with E-state index in [4.69, 9.17) is 4.74 Å². The van der Waals surface area contributed by atoms with Crippen LogP contribution < -0.4 is 10.1 Å². The first-order chi connectivity index (χ1) is 11.7. The van der Waals surface area contributed by atoms with Crippen LogP contribution in [-0.2, 0) is 0 Å². The van der Waals surface area contributed by atoms with Crippen molar-refractivity contribution in [2.45, 2.75) is 56.9 Å². The molecular formula is C19H29N3O2. The number of carbonyl (C=O) groups excluding carboxylic acids is 1. The summed E-state index contributed by atoms with van der Waals surface area (Å²) in [6.45, 7) is 3.11. The molecule has 0 bridgehead atoms. The number of nitrogens with zero attached hydrogens (tertiary/aromatic N) is 2. The number of hydrogen-bond acceptors (Lipinski definition) is 4. The summed E-state index contributed by atoms with van der Waals surface area (Å²) in [4.78, 5) is 19.3. The first-order valence-corrected chi connectivity index (χ1v) is 9.27. The summed E-state index contributed by atoms with van der Waals surface area (Å²) in [5.74, 6) is 0.496. The molecule has 24 heavy (non-hydrogen) atoms. The molecule has 5 nitrogen and oxygen atoms in total. The number of methoxy groups -OCH3 is 1. The molecule has 2 heterocycles.